The molecule has 0 bridgehead atoms. The Balaban J connectivity index is 3.10. The summed E-state index contributed by atoms with van der Waals surface area (Å²) >= 11 is 8.62. The van der Waals surface area contributed by atoms with Crippen LogP contribution in [0.15, 0.2) is 16.7 Å². The smallest absolute Gasteiger partial charge is 0.277 e. The molecule has 0 saturated carbocycles. The van der Waals surface area contributed by atoms with E-state index in [1.807, 2.05) is 0 Å². The minimum absolute atomic E-state index is 0.101. The Hall–Kier alpha value is -0.260. The molecule has 0 saturated heterocycles. The summed E-state index contributed by atoms with van der Waals surface area (Å²) in [4.78, 5) is 3.62. The molecule has 14 heavy (non-hydrogen) atoms. The molecule has 0 unspecified atom stereocenters. The first-order valence-electron chi connectivity index (χ1n) is 3.87. The third-order valence-electron chi connectivity index (χ3n) is 1.66. The van der Waals surface area contributed by atoms with E-state index in [0.717, 1.165) is 0 Å². The van der Waals surface area contributed by atoms with E-state index in [2.05, 4.69) is 20.9 Å². The van der Waals surface area contributed by atoms with Gasteiger partial charge in [0.15, 0.2) is 0 Å². The van der Waals surface area contributed by atoms with Crippen LogP contribution in [0.4, 0.5) is 8.78 Å². The van der Waals surface area contributed by atoms with E-state index < -0.39 is 12.3 Å². The molecule has 0 aliphatic carbocycles. The SMILES string of the molecule is NCCC(F)(F)c1cc(Br)cnc1Cl. The number of hydrogen-bond donors (Lipinski definition) is 1. The van der Waals surface area contributed by atoms with Gasteiger partial charge in [-0.05, 0) is 28.5 Å². The third-order valence-corrected chi connectivity index (χ3v) is 2.39. The van der Waals surface area contributed by atoms with Crippen molar-refractivity contribution in [3.8, 4) is 0 Å². The van der Waals surface area contributed by atoms with Gasteiger partial charge in [0, 0.05) is 17.1 Å². The molecular formula is C8H8BrClF2N2. The van der Waals surface area contributed by atoms with Gasteiger partial charge in [0.25, 0.3) is 5.92 Å². The Kier molecular flexibility index (Phi) is 3.80. The molecule has 2 nitrogen and oxygen atoms in total. The molecule has 1 heterocycles. The number of hydrogen-bond acceptors (Lipinski definition) is 2. The van der Waals surface area contributed by atoms with Gasteiger partial charge in [0.1, 0.15) is 5.15 Å². The van der Waals surface area contributed by atoms with Crippen LogP contribution in [-0.2, 0) is 5.92 Å². The van der Waals surface area contributed by atoms with Crippen molar-refractivity contribution in [2.45, 2.75) is 12.3 Å². The van der Waals surface area contributed by atoms with Crippen LogP contribution in [0.3, 0.4) is 0 Å². The first-order chi connectivity index (χ1) is 6.47. The highest BCUT2D eigenvalue weighted by Crippen LogP contribution is 2.36. The van der Waals surface area contributed by atoms with Gasteiger partial charge >= 0.3 is 0 Å². The maximum absolute atomic E-state index is 13.4. The highest BCUT2D eigenvalue weighted by molar-refractivity contribution is 9.10. The highest BCUT2D eigenvalue weighted by atomic mass is 79.9. The van der Waals surface area contributed by atoms with E-state index in [0.29, 0.717) is 4.47 Å². The molecule has 0 aliphatic rings. The molecule has 0 aromatic carbocycles. The lowest BCUT2D eigenvalue weighted by Crippen LogP contribution is -2.19. The summed E-state index contributed by atoms with van der Waals surface area (Å²) in [6, 6.07) is 1.25. The van der Waals surface area contributed by atoms with Crippen LogP contribution >= 0.6 is 27.5 Å². The van der Waals surface area contributed by atoms with Gasteiger partial charge < -0.3 is 5.73 Å². The molecule has 1 aromatic rings. The van der Waals surface area contributed by atoms with Gasteiger partial charge in [-0.2, -0.15) is 0 Å². The first kappa shape index (κ1) is 11.8. The topological polar surface area (TPSA) is 38.9 Å². The van der Waals surface area contributed by atoms with Crippen LogP contribution in [0, 0.1) is 0 Å². The van der Waals surface area contributed by atoms with Gasteiger partial charge in [-0.1, -0.05) is 11.6 Å². The van der Waals surface area contributed by atoms with Crippen molar-refractivity contribution in [1.82, 2.24) is 4.98 Å². The molecule has 1 rings (SSSR count). The van der Waals surface area contributed by atoms with Crippen molar-refractivity contribution in [1.29, 1.82) is 0 Å². The van der Waals surface area contributed by atoms with Crippen LogP contribution in [0.25, 0.3) is 0 Å². The number of alkyl halides is 2. The lowest BCUT2D eigenvalue weighted by atomic mass is 10.1. The molecule has 1 aromatic heterocycles. The van der Waals surface area contributed by atoms with E-state index in [1.165, 1.54) is 12.3 Å². The lowest BCUT2D eigenvalue weighted by Gasteiger charge is -2.16. The fraction of sp³-hybridized carbons (Fsp3) is 0.375. The van der Waals surface area contributed by atoms with Crippen molar-refractivity contribution >= 4 is 27.5 Å². The number of halogens is 4. The number of pyridine rings is 1. The molecule has 0 radical (unpaired) electrons. The predicted molar refractivity (Wildman–Crippen MR) is 54.5 cm³/mol. The van der Waals surface area contributed by atoms with E-state index in [4.69, 9.17) is 17.3 Å². The van der Waals surface area contributed by atoms with Crippen molar-refractivity contribution in [3.63, 3.8) is 0 Å². The molecule has 0 spiro atoms. The van der Waals surface area contributed by atoms with Crippen molar-refractivity contribution in [2.24, 2.45) is 5.73 Å². The average Bonchev–Trinajstić information content (AvgIpc) is 2.09. The summed E-state index contributed by atoms with van der Waals surface area (Å²) in [7, 11) is 0. The average molecular weight is 286 g/mol. The largest absolute Gasteiger partial charge is 0.330 e. The van der Waals surface area contributed by atoms with Gasteiger partial charge in [-0.3, -0.25) is 0 Å². The van der Waals surface area contributed by atoms with Crippen molar-refractivity contribution < 1.29 is 8.78 Å². The quantitative estimate of drug-likeness (QED) is 0.867. The molecule has 78 valence electrons. The van der Waals surface area contributed by atoms with Gasteiger partial charge in [-0.15, -0.1) is 0 Å². The van der Waals surface area contributed by atoms with Crippen molar-refractivity contribution in [3.05, 3.63) is 27.5 Å². The lowest BCUT2D eigenvalue weighted by molar-refractivity contribution is -0.0109. The summed E-state index contributed by atoms with van der Waals surface area (Å²) in [6.45, 7) is -0.101. The highest BCUT2D eigenvalue weighted by Gasteiger charge is 2.33. The van der Waals surface area contributed by atoms with Crippen LogP contribution in [0.5, 0.6) is 0 Å². The zero-order valence-corrected chi connectivity index (χ0v) is 9.45. The number of nitrogens with two attached hydrogens (primary N) is 1. The van der Waals surface area contributed by atoms with E-state index >= 15 is 0 Å². The summed E-state index contributed by atoms with van der Waals surface area (Å²) in [5, 5.41) is -0.188. The van der Waals surface area contributed by atoms with Crippen LogP contribution in [0.1, 0.15) is 12.0 Å². The standard InChI is InChI=1S/C8H8BrClF2N2/c9-5-3-6(7(10)14-4-5)8(11,12)1-2-13/h3-4H,1-2,13H2. The van der Waals surface area contributed by atoms with Crippen LogP contribution < -0.4 is 5.73 Å². The van der Waals surface area contributed by atoms with E-state index in [-0.39, 0.29) is 17.3 Å². The fourth-order valence-corrected chi connectivity index (χ4v) is 1.57. The van der Waals surface area contributed by atoms with Crippen molar-refractivity contribution in [2.75, 3.05) is 6.54 Å². The Morgan fingerprint density at radius 1 is 1.57 bits per heavy atom. The molecule has 0 atom stereocenters. The second-order valence-corrected chi connectivity index (χ2v) is 4.01. The van der Waals surface area contributed by atoms with E-state index in [9.17, 15) is 8.78 Å². The van der Waals surface area contributed by atoms with E-state index in [1.54, 1.807) is 0 Å². The minimum atomic E-state index is -3.03. The monoisotopic (exact) mass is 284 g/mol. The Morgan fingerprint density at radius 3 is 2.79 bits per heavy atom. The summed E-state index contributed by atoms with van der Waals surface area (Å²) < 4.78 is 27.2. The van der Waals surface area contributed by atoms with Gasteiger partial charge in [0.2, 0.25) is 0 Å². The Labute approximate surface area is 93.6 Å². The molecule has 6 heteroatoms. The number of nitrogens with zero attached hydrogens (tertiary/aromatic N) is 1. The first-order valence-corrected chi connectivity index (χ1v) is 5.04. The molecule has 0 amide bonds. The van der Waals surface area contributed by atoms with Gasteiger partial charge in [-0.25, -0.2) is 13.8 Å². The second-order valence-electron chi connectivity index (χ2n) is 2.74. The minimum Gasteiger partial charge on any atom is -0.330 e. The van der Waals surface area contributed by atoms with Gasteiger partial charge in [0.05, 0.1) is 5.56 Å². The zero-order chi connectivity index (χ0) is 10.8. The second kappa shape index (κ2) is 4.51. The number of aromatic nitrogens is 1. The maximum atomic E-state index is 13.4. The Morgan fingerprint density at radius 2 is 2.21 bits per heavy atom. The molecule has 0 fully saturated rings. The predicted octanol–water partition coefficient (Wildman–Crippen LogP) is 2.94. The fourth-order valence-electron chi connectivity index (χ4n) is 0.995. The summed E-state index contributed by atoms with van der Waals surface area (Å²) in [5.74, 6) is -3.03. The van der Waals surface area contributed by atoms with Crippen LogP contribution in [0.2, 0.25) is 5.15 Å². The summed E-state index contributed by atoms with van der Waals surface area (Å²) in [5.41, 5.74) is 4.79. The third kappa shape index (κ3) is 2.62. The molecule has 0 aliphatic heterocycles. The Bertz CT molecular complexity index is 333. The molecule has 2 N–H and O–H groups in total. The molecular weight excluding hydrogens is 277 g/mol. The van der Waals surface area contributed by atoms with Crippen LogP contribution in [-0.4, -0.2) is 11.5 Å². The normalized spacial score (nSPS) is 11.8. The maximum Gasteiger partial charge on any atom is 0.277 e. The summed E-state index contributed by atoms with van der Waals surface area (Å²) in [6.07, 6.45) is 0.926. The zero-order valence-electron chi connectivity index (χ0n) is 7.11. The number of rotatable bonds is 3.